The van der Waals surface area contributed by atoms with Crippen LogP contribution in [0.5, 0.6) is 5.75 Å². The van der Waals surface area contributed by atoms with Crippen molar-refractivity contribution >= 4 is 23.5 Å². The predicted octanol–water partition coefficient (Wildman–Crippen LogP) is 5.17. The van der Waals surface area contributed by atoms with Gasteiger partial charge in [-0.2, -0.15) is 0 Å². The van der Waals surface area contributed by atoms with E-state index in [-0.39, 0.29) is 48.2 Å². The maximum atomic E-state index is 13.7. The van der Waals surface area contributed by atoms with Crippen LogP contribution in [0.2, 0.25) is 0 Å². The third kappa shape index (κ3) is 5.17. The summed E-state index contributed by atoms with van der Waals surface area (Å²) in [7, 11) is 0. The molecule has 0 bridgehead atoms. The van der Waals surface area contributed by atoms with Crippen molar-refractivity contribution in [3.05, 3.63) is 59.7 Å². The van der Waals surface area contributed by atoms with Gasteiger partial charge in [-0.15, -0.1) is 13.2 Å². The van der Waals surface area contributed by atoms with E-state index in [1.807, 2.05) is 25.1 Å². The van der Waals surface area contributed by atoms with E-state index in [9.17, 15) is 27.6 Å². The summed E-state index contributed by atoms with van der Waals surface area (Å²) in [4.78, 5) is 41.2. The number of alkyl halides is 3. The number of aliphatic carboxylic acids is 1. The highest BCUT2D eigenvalue weighted by atomic mass is 19.4. The molecule has 2 aromatic carbocycles. The number of carboxylic acids is 1. The number of hydrogen-bond donors (Lipinski definition) is 1. The van der Waals surface area contributed by atoms with Crippen molar-refractivity contribution in [3.8, 4) is 5.75 Å². The van der Waals surface area contributed by atoms with Crippen LogP contribution >= 0.6 is 0 Å². The first-order valence-electron chi connectivity index (χ1n) is 11.9. The van der Waals surface area contributed by atoms with Gasteiger partial charge in [-0.1, -0.05) is 24.6 Å². The molecule has 0 spiro atoms. The zero-order valence-electron chi connectivity index (χ0n) is 19.7. The topological polar surface area (TPSA) is 87.2 Å². The van der Waals surface area contributed by atoms with Crippen LogP contribution in [0, 0.1) is 5.92 Å². The van der Waals surface area contributed by atoms with Gasteiger partial charge in [0.1, 0.15) is 5.75 Å². The Kier molecular flexibility index (Phi) is 7.23. The lowest BCUT2D eigenvalue weighted by molar-refractivity contribution is -0.274. The number of para-hydroxylation sites is 1. The van der Waals surface area contributed by atoms with Crippen molar-refractivity contribution in [2.24, 2.45) is 5.92 Å². The Balaban J connectivity index is 1.68. The molecule has 0 unspecified atom stereocenters. The van der Waals surface area contributed by atoms with Crippen molar-refractivity contribution in [1.82, 2.24) is 4.90 Å². The molecule has 0 radical (unpaired) electrons. The SMILES string of the molecule is CCN(C(=O)CCC(=O)O)[C@H]1c2ccccc2N(C(=O)c2ccc(OC(F)(F)F)cc2)[C@@H]2CCC[C@@H]21. The Morgan fingerprint density at radius 3 is 2.39 bits per heavy atom. The molecule has 2 aromatic rings. The first kappa shape index (κ1) is 25.5. The van der Waals surface area contributed by atoms with Crippen molar-refractivity contribution < 1.29 is 37.4 Å². The number of amides is 2. The second-order valence-corrected chi connectivity index (χ2v) is 8.99. The Hall–Kier alpha value is -3.56. The van der Waals surface area contributed by atoms with Crippen LogP contribution in [0.15, 0.2) is 48.5 Å². The first-order chi connectivity index (χ1) is 17.1. The number of hydrogen-bond acceptors (Lipinski definition) is 4. The summed E-state index contributed by atoms with van der Waals surface area (Å²) in [5.74, 6) is -2.08. The molecule has 36 heavy (non-hydrogen) atoms. The monoisotopic (exact) mass is 504 g/mol. The molecular weight excluding hydrogens is 477 g/mol. The van der Waals surface area contributed by atoms with Gasteiger partial charge in [0.05, 0.1) is 12.5 Å². The number of benzene rings is 2. The number of fused-ring (bicyclic) bond motifs is 2. The lowest BCUT2D eigenvalue weighted by Crippen LogP contribution is -2.52. The van der Waals surface area contributed by atoms with Crippen LogP contribution in [0.3, 0.4) is 0 Å². The quantitative estimate of drug-likeness (QED) is 0.562. The molecule has 1 aliphatic carbocycles. The molecule has 0 saturated heterocycles. The summed E-state index contributed by atoms with van der Waals surface area (Å²) >= 11 is 0. The number of ether oxygens (including phenoxy) is 1. The first-order valence-corrected chi connectivity index (χ1v) is 11.9. The molecule has 10 heteroatoms. The summed E-state index contributed by atoms with van der Waals surface area (Å²) in [5, 5.41) is 9.03. The molecule has 1 N–H and O–H groups in total. The maximum Gasteiger partial charge on any atom is 0.573 e. The van der Waals surface area contributed by atoms with E-state index in [1.165, 1.54) is 12.1 Å². The lowest BCUT2D eigenvalue weighted by atomic mass is 9.81. The van der Waals surface area contributed by atoms with Crippen LogP contribution in [-0.4, -0.2) is 46.7 Å². The maximum absolute atomic E-state index is 13.7. The average molecular weight is 505 g/mol. The molecule has 7 nitrogen and oxygen atoms in total. The van der Waals surface area contributed by atoms with Crippen LogP contribution in [0.1, 0.15) is 61.0 Å². The molecule has 1 saturated carbocycles. The second-order valence-electron chi connectivity index (χ2n) is 8.99. The Morgan fingerprint density at radius 2 is 1.75 bits per heavy atom. The minimum Gasteiger partial charge on any atom is -0.481 e. The highest BCUT2D eigenvalue weighted by Gasteiger charge is 2.48. The normalized spacial score (nSPS) is 20.9. The molecule has 2 aliphatic rings. The minimum absolute atomic E-state index is 0.0505. The zero-order chi connectivity index (χ0) is 26.0. The number of carboxylic acid groups (broad SMARTS) is 1. The summed E-state index contributed by atoms with van der Waals surface area (Å²) in [6.45, 7) is 2.25. The van der Waals surface area contributed by atoms with Crippen molar-refractivity contribution in [3.63, 3.8) is 0 Å². The van der Waals surface area contributed by atoms with E-state index in [0.29, 0.717) is 12.2 Å². The predicted molar refractivity (Wildman–Crippen MR) is 125 cm³/mol. The fourth-order valence-corrected chi connectivity index (χ4v) is 5.51. The average Bonchev–Trinajstić information content (AvgIpc) is 3.31. The van der Waals surface area contributed by atoms with Gasteiger partial charge in [0.25, 0.3) is 5.91 Å². The number of rotatable bonds is 7. The molecular formula is C26H27F3N2O5. The van der Waals surface area contributed by atoms with Crippen molar-refractivity contribution in [2.45, 2.75) is 57.5 Å². The van der Waals surface area contributed by atoms with Crippen LogP contribution < -0.4 is 9.64 Å². The highest BCUT2D eigenvalue weighted by Crippen LogP contribution is 2.50. The molecule has 3 atom stereocenters. The molecule has 1 fully saturated rings. The van der Waals surface area contributed by atoms with Gasteiger partial charge in [-0.05, 0) is 55.7 Å². The fourth-order valence-electron chi connectivity index (χ4n) is 5.51. The molecule has 2 amide bonds. The van der Waals surface area contributed by atoms with Gasteiger partial charge in [0.15, 0.2) is 0 Å². The number of halogens is 3. The number of carbonyl (C=O) groups is 3. The van der Waals surface area contributed by atoms with Crippen LogP contribution in [0.25, 0.3) is 0 Å². The van der Waals surface area contributed by atoms with Crippen molar-refractivity contribution in [2.75, 3.05) is 11.4 Å². The van der Waals surface area contributed by atoms with Gasteiger partial charge in [-0.25, -0.2) is 0 Å². The van der Waals surface area contributed by atoms with E-state index >= 15 is 0 Å². The number of nitrogens with zero attached hydrogens (tertiary/aromatic N) is 2. The smallest absolute Gasteiger partial charge is 0.481 e. The third-order valence-corrected chi connectivity index (χ3v) is 6.89. The van der Waals surface area contributed by atoms with E-state index in [1.54, 1.807) is 15.9 Å². The van der Waals surface area contributed by atoms with E-state index in [4.69, 9.17) is 5.11 Å². The lowest BCUT2D eigenvalue weighted by Gasteiger charge is -2.47. The Labute approximate surface area is 206 Å². The van der Waals surface area contributed by atoms with E-state index < -0.39 is 18.1 Å². The third-order valence-electron chi connectivity index (χ3n) is 6.89. The minimum atomic E-state index is -4.82. The zero-order valence-corrected chi connectivity index (χ0v) is 19.7. The van der Waals surface area contributed by atoms with Gasteiger partial charge >= 0.3 is 12.3 Å². The van der Waals surface area contributed by atoms with Gasteiger partial charge in [0.2, 0.25) is 5.91 Å². The molecule has 1 heterocycles. The molecule has 1 aliphatic heterocycles. The second kappa shape index (κ2) is 10.2. The van der Waals surface area contributed by atoms with Gasteiger partial charge < -0.3 is 19.6 Å². The fraction of sp³-hybridized carbons (Fsp3) is 0.423. The molecule has 192 valence electrons. The summed E-state index contributed by atoms with van der Waals surface area (Å²) in [6, 6.07) is 11.7. The number of anilines is 1. The highest BCUT2D eigenvalue weighted by molar-refractivity contribution is 6.07. The molecule has 4 rings (SSSR count). The largest absolute Gasteiger partial charge is 0.573 e. The van der Waals surface area contributed by atoms with Gasteiger partial charge in [-0.3, -0.25) is 14.4 Å². The van der Waals surface area contributed by atoms with Crippen LogP contribution in [0.4, 0.5) is 18.9 Å². The Bertz CT molecular complexity index is 1140. The standard InChI is InChI=1S/C26H27F3N2O5/c1-2-30(22(32)14-15-23(33)34)24-18-6-3-4-8-20(18)31(21-9-5-7-19(21)24)25(35)16-10-12-17(13-11-16)36-26(27,28)29/h3-4,6,8,10-13,19,21,24H,2,5,7,9,14-15H2,1H3,(H,33,34)/t19-,21+,24-/m0/s1. The van der Waals surface area contributed by atoms with Crippen molar-refractivity contribution in [1.29, 1.82) is 0 Å². The summed E-state index contributed by atoms with van der Waals surface area (Å²) in [5.41, 5.74) is 1.68. The summed E-state index contributed by atoms with van der Waals surface area (Å²) < 4.78 is 41.5. The van der Waals surface area contributed by atoms with Crippen LogP contribution in [-0.2, 0) is 9.59 Å². The number of carbonyl (C=O) groups excluding carboxylic acids is 2. The molecule has 0 aromatic heterocycles. The van der Waals surface area contributed by atoms with E-state index in [2.05, 4.69) is 4.74 Å². The van der Waals surface area contributed by atoms with E-state index in [0.717, 1.165) is 37.0 Å². The summed E-state index contributed by atoms with van der Waals surface area (Å²) in [6.07, 6.45) is -2.82. The Morgan fingerprint density at radius 1 is 1.06 bits per heavy atom. The van der Waals surface area contributed by atoms with Gasteiger partial charge in [0, 0.05) is 36.2 Å².